The predicted molar refractivity (Wildman–Crippen MR) is 82.8 cm³/mol. The van der Waals surface area contributed by atoms with E-state index in [1.54, 1.807) is 32.9 Å². The number of hydrogen-bond acceptors (Lipinski definition) is 5. The first kappa shape index (κ1) is 17.1. The van der Waals surface area contributed by atoms with Gasteiger partial charge in [0.15, 0.2) is 17.1 Å². The van der Waals surface area contributed by atoms with E-state index in [1.165, 1.54) is 12.0 Å². The molecule has 23 heavy (non-hydrogen) atoms. The van der Waals surface area contributed by atoms with Crippen LogP contribution < -0.4 is 14.4 Å². The minimum Gasteiger partial charge on any atom is -0.493 e. The summed E-state index contributed by atoms with van der Waals surface area (Å²) in [6, 6.07) is 2.13. The van der Waals surface area contributed by atoms with E-state index in [4.69, 9.17) is 9.47 Å². The molecule has 0 fully saturated rings. The highest BCUT2D eigenvalue weighted by Crippen LogP contribution is 2.46. The average molecular weight is 323 g/mol. The third-order valence-electron chi connectivity index (χ3n) is 3.83. The predicted octanol–water partition coefficient (Wildman–Crippen LogP) is 1.55. The molecule has 0 radical (unpaired) electrons. The van der Waals surface area contributed by atoms with E-state index in [1.807, 2.05) is 0 Å². The van der Waals surface area contributed by atoms with E-state index >= 15 is 0 Å². The Hall–Kier alpha value is -2.28. The number of carbonyl (C=O) groups is 2. The number of aliphatic hydroxyl groups excluding tert-OH is 1. The minimum absolute atomic E-state index is 0.238. The zero-order valence-electron chi connectivity index (χ0n) is 13.6. The number of nitrogens with zero attached hydrogens (tertiary/aromatic N) is 1. The monoisotopic (exact) mass is 323 g/mol. The average Bonchev–Trinajstić information content (AvgIpc) is 2.50. The van der Waals surface area contributed by atoms with Gasteiger partial charge in [-0.15, -0.1) is 0 Å². The molecule has 2 rings (SSSR count). The lowest BCUT2D eigenvalue weighted by Crippen LogP contribution is -2.57. The van der Waals surface area contributed by atoms with Gasteiger partial charge < -0.3 is 19.7 Å². The van der Waals surface area contributed by atoms with Crippen LogP contribution in [0.3, 0.4) is 0 Å². The second kappa shape index (κ2) is 6.08. The van der Waals surface area contributed by atoms with Crippen LogP contribution >= 0.6 is 0 Å². The number of ether oxygens (including phenoxy) is 2. The summed E-state index contributed by atoms with van der Waals surface area (Å²) >= 11 is 0. The molecule has 1 atom stereocenters. The number of anilines is 1. The number of carboxylic acid groups (broad SMARTS) is 1. The Balaban J connectivity index is 2.72. The first-order valence-corrected chi connectivity index (χ1v) is 7.34. The Kier molecular flexibility index (Phi) is 4.51. The number of aliphatic hydroxyl groups is 1. The Bertz CT molecular complexity index is 640. The van der Waals surface area contributed by atoms with Gasteiger partial charge in [0.2, 0.25) is 0 Å². The molecule has 0 aliphatic carbocycles. The van der Waals surface area contributed by atoms with E-state index < -0.39 is 23.5 Å². The van der Waals surface area contributed by atoms with Crippen LogP contribution in [0, 0.1) is 0 Å². The molecule has 1 aliphatic heterocycles. The Morgan fingerprint density at radius 3 is 2.57 bits per heavy atom. The molecule has 1 aromatic rings. The summed E-state index contributed by atoms with van der Waals surface area (Å²) in [6.07, 6.45) is 0.238. The summed E-state index contributed by atoms with van der Waals surface area (Å²) in [6.45, 7) is 4.60. The van der Waals surface area contributed by atoms with Crippen LogP contribution in [-0.2, 0) is 16.2 Å². The molecule has 0 saturated carbocycles. The van der Waals surface area contributed by atoms with Gasteiger partial charge in [-0.3, -0.25) is 9.69 Å². The molecule has 1 amide bonds. The van der Waals surface area contributed by atoms with Gasteiger partial charge in [-0.05, 0) is 38.0 Å². The third-order valence-corrected chi connectivity index (χ3v) is 3.83. The number of carboxylic acids is 1. The van der Waals surface area contributed by atoms with E-state index in [0.717, 1.165) is 0 Å². The molecule has 7 heteroatoms. The van der Waals surface area contributed by atoms with E-state index in [2.05, 4.69) is 0 Å². The number of fused-ring (bicyclic) bond motifs is 1. The van der Waals surface area contributed by atoms with Crippen molar-refractivity contribution < 1.29 is 29.3 Å². The lowest BCUT2D eigenvalue weighted by Gasteiger charge is -2.41. The molecular weight excluding hydrogens is 302 g/mol. The SMILES string of the molecule is CCC(C(=O)O)N1C(=O)C(C)(C)Oc2c(OC)cc(CO)cc21. The highest BCUT2D eigenvalue weighted by molar-refractivity contribution is 6.06. The van der Waals surface area contributed by atoms with Crippen LogP contribution in [0.5, 0.6) is 11.5 Å². The third kappa shape index (κ3) is 2.84. The fraction of sp³-hybridized carbons (Fsp3) is 0.500. The summed E-state index contributed by atoms with van der Waals surface area (Å²) in [5.74, 6) is -0.902. The molecule has 1 aliphatic rings. The summed E-state index contributed by atoms with van der Waals surface area (Å²) in [7, 11) is 1.45. The fourth-order valence-corrected chi connectivity index (χ4v) is 2.64. The van der Waals surface area contributed by atoms with Crippen molar-refractivity contribution in [3.63, 3.8) is 0 Å². The molecular formula is C16H21NO6. The molecule has 7 nitrogen and oxygen atoms in total. The normalized spacial score (nSPS) is 17.3. The maximum atomic E-state index is 12.7. The van der Waals surface area contributed by atoms with Gasteiger partial charge in [0.05, 0.1) is 19.4 Å². The van der Waals surface area contributed by atoms with Crippen molar-refractivity contribution in [2.24, 2.45) is 0 Å². The van der Waals surface area contributed by atoms with Gasteiger partial charge >= 0.3 is 5.97 Å². The highest BCUT2D eigenvalue weighted by Gasteiger charge is 2.46. The van der Waals surface area contributed by atoms with Crippen molar-refractivity contribution in [2.75, 3.05) is 12.0 Å². The Morgan fingerprint density at radius 2 is 2.09 bits per heavy atom. The zero-order valence-corrected chi connectivity index (χ0v) is 13.6. The van der Waals surface area contributed by atoms with Crippen molar-refractivity contribution in [2.45, 2.75) is 45.4 Å². The Labute approximate surface area is 134 Å². The number of hydrogen-bond donors (Lipinski definition) is 2. The maximum Gasteiger partial charge on any atom is 0.326 e. The lowest BCUT2D eigenvalue weighted by atomic mass is 9.99. The number of carbonyl (C=O) groups excluding carboxylic acids is 1. The number of aliphatic carboxylic acids is 1. The number of amides is 1. The van der Waals surface area contributed by atoms with E-state index in [-0.39, 0.29) is 13.0 Å². The molecule has 2 N–H and O–H groups in total. The molecule has 126 valence electrons. The van der Waals surface area contributed by atoms with Crippen LogP contribution in [0.1, 0.15) is 32.8 Å². The van der Waals surface area contributed by atoms with E-state index in [0.29, 0.717) is 22.7 Å². The van der Waals surface area contributed by atoms with Gasteiger partial charge in [0.1, 0.15) is 6.04 Å². The number of rotatable bonds is 5. The zero-order chi connectivity index (χ0) is 17.4. The number of benzene rings is 1. The van der Waals surface area contributed by atoms with Crippen molar-refractivity contribution in [1.82, 2.24) is 0 Å². The molecule has 0 bridgehead atoms. The van der Waals surface area contributed by atoms with E-state index in [9.17, 15) is 19.8 Å². The molecule has 0 aromatic heterocycles. The highest BCUT2D eigenvalue weighted by atomic mass is 16.5. The Morgan fingerprint density at radius 1 is 1.43 bits per heavy atom. The molecule has 1 heterocycles. The summed E-state index contributed by atoms with van der Waals surface area (Å²) in [4.78, 5) is 25.6. The second-order valence-electron chi connectivity index (χ2n) is 5.85. The van der Waals surface area contributed by atoms with Crippen LogP contribution in [0.25, 0.3) is 0 Å². The van der Waals surface area contributed by atoms with Crippen molar-refractivity contribution in [1.29, 1.82) is 0 Å². The van der Waals surface area contributed by atoms with Gasteiger partial charge in [-0.1, -0.05) is 6.92 Å². The fourth-order valence-electron chi connectivity index (χ4n) is 2.64. The molecule has 1 unspecified atom stereocenters. The first-order valence-electron chi connectivity index (χ1n) is 7.34. The van der Waals surface area contributed by atoms with Crippen molar-refractivity contribution >= 4 is 17.6 Å². The van der Waals surface area contributed by atoms with Crippen LogP contribution in [0.2, 0.25) is 0 Å². The molecule has 0 saturated heterocycles. The summed E-state index contributed by atoms with van der Waals surface area (Å²) in [5, 5.41) is 18.9. The minimum atomic E-state index is -1.22. The maximum absolute atomic E-state index is 12.7. The number of methoxy groups -OCH3 is 1. The quantitative estimate of drug-likeness (QED) is 0.853. The van der Waals surface area contributed by atoms with Gasteiger partial charge in [0.25, 0.3) is 5.91 Å². The van der Waals surface area contributed by atoms with Gasteiger partial charge in [-0.2, -0.15) is 0 Å². The van der Waals surface area contributed by atoms with Crippen LogP contribution in [0.15, 0.2) is 12.1 Å². The van der Waals surface area contributed by atoms with Crippen molar-refractivity contribution in [3.05, 3.63) is 17.7 Å². The van der Waals surface area contributed by atoms with Crippen LogP contribution in [0.4, 0.5) is 5.69 Å². The standard InChI is InChI=1S/C16H21NO6/c1-5-10(14(19)20)17-11-6-9(8-18)7-12(22-4)13(11)23-16(2,3)15(17)21/h6-7,10,18H,5,8H2,1-4H3,(H,19,20). The molecule has 1 aromatic carbocycles. The van der Waals surface area contributed by atoms with Crippen molar-refractivity contribution in [3.8, 4) is 11.5 Å². The van der Waals surface area contributed by atoms with Crippen LogP contribution in [-0.4, -0.2) is 40.8 Å². The summed E-state index contributed by atoms with van der Waals surface area (Å²) < 4.78 is 11.1. The topological polar surface area (TPSA) is 96.3 Å². The first-order chi connectivity index (χ1) is 10.8. The lowest BCUT2D eigenvalue weighted by molar-refractivity contribution is -0.143. The summed E-state index contributed by atoms with van der Waals surface area (Å²) in [5.41, 5.74) is -0.418. The van der Waals surface area contributed by atoms with Gasteiger partial charge in [0, 0.05) is 0 Å². The molecule has 0 spiro atoms. The smallest absolute Gasteiger partial charge is 0.326 e. The van der Waals surface area contributed by atoms with Gasteiger partial charge in [-0.25, -0.2) is 4.79 Å². The largest absolute Gasteiger partial charge is 0.493 e. The second-order valence-corrected chi connectivity index (χ2v) is 5.85.